The molecule has 0 aromatic carbocycles. The summed E-state index contributed by atoms with van der Waals surface area (Å²) in [4.78, 5) is 12.3. The normalized spacial score (nSPS) is 24.9. The molecule has 4 heteroatoms. The van der Waals surface area contributed by atoms with Crippen LogP contribution in [0.3, 0.4) is 0 Å². The van der Waals surface area contributed by atoms with Gasteiger partial charge in [0, 0.05) is 17.8 Å². The smallest absolute Gasteiger partial charge is 0.227 e. The molecule has 0 aromatic rings. The topological polar surface area (TPSA) is 55.1 Å². The van der Waals surface area contributed by atoms with E-state index in [4.69, 9.17) is 5.73 Å². The van der Waals surface area contributed by atoms with E-state index in [0.29, 0.717) is 6.54 Å². The van der Waals surface area contributed by atoms with Crippen molar-refractivity contribution in [3.05, 3.63) is 0 Å². The number of rotatable bonds is 6. The molecule has 1 unspecified atom stereocenters. The predicted octanol–water partition coefficient (Wildman–Crippen LogP) is 2.15. The van der Waals surface area contributed by atoms with Crippen LogP contribution in [-0.4, -0.2) is 29.5 Å². The maximum absolute atomic E-state index is 12.3. The van der Waals surface area contributed by atoms with E-state index in [0.717, 1.165) is 19.4 Å². The second-order valence-electron chi connectivity index (χ2n) is 5.28. The van der Waals surface area contributed by atoms with E-state index < -0.39 is 0 Å². The van der Waals surface area contributed by atoms with Crippen LogP contribution < -0.4 is 11.1 Å². The fraction of sp³-hybridized carbons (Fsp3) is 0.923. The van der Waals surface area contributed by atoms with Gasteiger partial charge in [0.05, 0.1) is 5.41 Å². The SMILES string of the molecule is CCC(CC)(CN)C(=O)NCC1(C)CCCS1. The first-order valence-corrected chi connectivity index (χ1v) is 7.63. The van der Waals surface area contributed by atoms with Crippen molar-refractivity contribution >= 4 is 17.7 Å². The van der Waals surface area contributed by atoms with Gasteiger partial charge < -0.3 is 11.1 Å². The van der Waals surface area contributed by atoms with E-state index in [1.165, 1.54) is 18.6 Å². The third-order valence-electron chi connectivity index (χ3n) is 4.15. The zero-order valence-corrected chi connectivity index (χ0v) is 12.2. The lowest BCUT2D eigenvalue weighted by atomic mass is 9.81. The molecule has 0 aromatic heterocycles. The number of thioether (sulfide) groups is 1. The molecule has 1 atom stereocenters. The van der Waals surface area contributed by atoms with E-state index in [-0.39, 0.29) is 16.1 Å². The highest BCUT2D eigenvalue weighted by Crippen LogP contribution is 2.37. The van der Waals surface area contributed by atoms with Crippen LogP contribution in [0.2, 0.25) is 0 Å². The highest BCUT2D eigenvalue weighted by molar-refractivity contribution is 8.00. The lowest BCUT2D eigenvalue weighted by molar-refractivity contribution is -0.131. The summed E-state index contributed by atoms with van der Waals surface area (Å²) in [5.74, 6) is 1.36. The summed E-state index contributed by atoms with van der Waals surface area (Å²) in [5.41, 5.74) is 5.42. The first-order valence-electron chi connectivity index (χ1n) is 6.64. The predicted molar refractivity (Wildman–Crippen MR) is 75.2 cm³/mol. The van der Waals surface area contributed by atoms with Crippen molar-refractivity contribution in [1.82, 2.24) is 5.32 Å². The van der Waals surface area contributed by atoms with E-state index >= 15 is 0 Å². The van der Waals surface area contributed by atoms with Crippen LogP contribution in [-0.2, 0) is 4.79 Å². The molecule has 3 nitrogen and oxygen atoms in total. The minimum atomic E-state index is -0.361. The summed E-state index contributed by atoms with van der Waals surface area (Å²) in [6, 6.07) is 0. The molecule has 100 valence electrons. The van der Waals surface area contributed by atoms with Crippen molar-refractivity contribution in [1.29, 1.82) is 0 Å². The highest BCUT2D eigenvalue weighted by Gasteiger charge is 2.36. The van der Waals surface area contributed by atoms with Gasteiger partial charge in [-0.3, -0.25) is 4.79 Å². The van der Waals surface area contributed by atoms with Crippen LogP contribution in [0.5, 0.6) is 0 Å². The Kier molecular flexibility index (Phi) is 5.32. The van der Waals surface area contributed by atoms with Gasteiger partial charge in [0.1, 0.15) is 0 Å². The van der Waals surface area contributed by atoms with Gasteiger partial charge in [0.2, 0.25) is 5.91 Å². The number of carbonyl (C=O) groups is 1. The zero-order chi connectivity index (χ0) is 12.9. The fourth-order valence-corrected chi connectivity index (χ4v) is 3.63. The molecule has 0 bridgehead atoms. The Morgan fingerprint density at radius 3 is 2.53 bits per heavy atom. The van der Waals surface area contributed by atoms with E-state index in [9.17, 15) is 4.79 Å². The Morgan fingerprint density at radius 2 is 2.12 bits per heavy atom. The van der Waals surface area contributed by atoms with Crippen molar-refractivity contribution < 1.29 is 4.79 Å². The molecular formula is C13H26N2OS. The Balaban J connectivity index is 2.53. The molecule has 1 heterocycles. The summed E-state index contributed by atoms with van der Waals surface area (Å²) in [6.07, 6.45) is 4.10. The van der Waals surface area contributed by atoms with Crippen molar-refractivity contribution in [2.75, 3.05) is 18.8 Å². The van der Waals surface area contributed by atoms with E-state index in [2.05, 4.69) is 12.2 Å². The minimum Gasteiger partial charge on any atom is -0.354 e. The van der Waals surface area contributed by atoms with Gasteiger partial charge in [-0.05, 0) is 38.4 Å². The molecule has 17 heavy (non-hydrogen) atoms. The summed E-state index contributed by atoms with van der Waals surface area (Å²) in [7, 11) is 0. The molecule has 1 amide bonds. The molecule has 3 N–H and O–H groups in total. The molecule has 0 aliphatic carbocycles. The van der Waals surface area contributed by atoms with Gasteiger partial charge >= 0.3 is 0 Å². The van der Waals surface area contributed by atoms with Crippen LogP contribution in [0.4, 0.5) is 0 Å². The summed E-state index contributed by atoms with van der Waals surface area (Å²) in [6.45, 7) is 7.55. The van der Waals surface area contributed by atoms with Crippen molar-refractivity contribution in [3.63, 3.8) is 0 Å². The van der Waals surface area contributed by atoms with Crippen LogP contribution in [0.25, 0.3) is 0 Å². The van der Waals surface area contributed by atoms with Crippen LogP contribution in [0.1, 0.15) is 46.5 Å². The van der Waals surface area contributed by atoms with Crippen molar-refractivity contribution in [2.45, 2.75) is 51.2 Å². The van der Waals surface area contributed by atoms with E-state index in [1.54, 1.807) is 0 Å². The average Bonchev–Trinajstić information content (AvgIpc) is 2.77. The largest absolute Gasteiger partial charge is 0.354 e. The molecule has 0 saturated carbocycles. The number of hydrogen-bond acceptors (Lipinski definition) is 3. The van der Waals surface area contributed by atoms with Gasteiger partial charge in [-0.1, -0.05) is 13.8 Å². The van der Waals surface area contributed by atoms with Gasteiger partial charge in [0.15, 0.2) is 0 Å². The minimum absolute atomic E-state index is 0.138. The summed E-state index contributed by atoms with van der Waals surface area (Å²) in [5, 5.41) is 3.12. The number of nitrogens with one attached hydrogen (secondary N) is 1. The molecule has 1 aliphatic heterocycles. The Morgan fingerprint density at radius 1 is 1.47 bits per heavy atom. The molecule has 0 spiro atoms. The molecule has 1 saturated heterocycles. The van der Waals surface area contributed by atoms with Crippen LogP contribution in [0, 0.1) is 5.41 Å². The summed E-state index contributed by atoms with van der Waals surface area (Å²) < 4.78 is 0.234. The number of carbonyl (C=O) groups excluding carboxylic acids is 1. The van der Waals surface area contributed by atoms with Gasteiger partial charge in [0.25, 0.3) is 0 Å². The molecule has 0 radical (unpaired) electrons. The summed E-state index contributed by atoms with van der Waals surface area (Å²) >= 11 is 1.97. The second-order valence-corrected chi connectivity index (χ2v) is 6.96. The molecule has 1 aliphatic rings. The van der Waals surface area contributed by atoms with Crippen molar-refractivity contribution in [2.24, 2.45) is 11.1 Å². The zero-order valence-electron chi connectivity index (χ0n) is 11.3. The monoisotopic (exact) mass is 258 g/mol. The van der Waals surface area contributed by atoms with E-state index in [1.807, 2.05) is 25.6 Å². The second kappa shape index (κ2) is 6.10. The number of amides is 1. The Hall–Kier alpha value is -0.220. The van der Waals surface area contributed by atoms with Crippen molar-refractivity contribution in [3.8, 4) is 0 Å². The standard InChI is InChI=1S/C13H26N2OS/c1-4-13(5-2,9-14)11(16)15-10-12(3)7-6-8-17-12/h4-10,14H2,1-3H3,(H,15,16). The average molecular weight is 258 g/mol. The lowest BCUT2D eigenvalue weighted by Gasteiger charge is -2.31. The van der Waals surface area contributed by atoms with Crippen LogP contribution >= 0.6 is 11.8 Å². The Bertz CT molecular complexity index is 250. The first-order chi connectivity index (χ1) is 8.02. The van der Waals surface area contributed by atoms with Crippen LogP contribution in [0.15, 0.2) is 0 Å². The molecule has 1 fully saturated rings. The fourth-order valence-electron chi connectivity index (χ4n) is 2.38. The first kappa shape index (κ1) is 14.8. The van der Waals surface area contributed by atoms with Gasteiger partial charge in [-0.25, -0.2) is 0 Å². The molecular weight excluding hydrogens is 232 g/mol. The van der Waals surface area contributed by atoms with Gasteiger partial charge in [-0.2, -0.15) is 11.8 Å². The maximum Gasteiger partial charge on any atom is 0.227 e. The third-order valence-corrected chi connectivity index (χ3v) is 5.69. The molecule has 1 rings (SSSR count). The quantitative estimate of drug-likeness (QED) is 0.767. The highest BCUT2D eigenvalue weighted by atomic mass is 32.2. The Labute approximate surface area is 109 Å². The maximum atomic E-state index is 12.3. The number of hydrogen-bond donors (Lipinski definition) is 2. The third kappa shape index (κ3) is 3.38. The number of nitrogens with two attached hydrogens (primary N) is 1. The van der Waals surface area contributed by atoms with Gasteiger partial charge in [-0.15, -0.1) is 0 Å². The lowest BCUT2D eigenvalue weighted by Crippen LogP contribution is -2.48.